The first-order valence-corrected chi connectivity index (χ1v) is 8.59. The average molecular weight is 321 g/mol. The average Bonchev–Trinajstić information content (AvgIpc) is 2.40. The Morgan fingerprint density at radius 2 is 1.71 bits per heavy atom. The zero-order valence-corrected chi connectivity index (χ0v) is 14.6. The van der Waals surface area contributed by atoms with E-state index in [1.54, 1.807) is 11.8 Å². The van der Waals surface area contributed by atoms with Crippen LogP contribution in [0.2, 0.25) is 5.15 Å². The maximum Gasteiger partial charge on any atom is 0.136 e. The number of halogens is 1. The second-order valence-electron chi connectivity index (χ2n) is 5.40. The van der Waals surface area contributed by atoms with Crippen molar-refractivity contribution in [3.63, 3.8) is 0 Å². The zero-order valence-electron chi connectivity index (χ0n) is 13.0. The summed E-state index contributed by atoms with van der Waals surface area (Å²) in [4.78, 5) is 9.00. The molecule has 0 radical (unpaired) electrons. The minimum Gasteiger partial charge on any atom is -0.226 e. The highest BCUT2D eigenvalue weighted by Crippen LogP contribution is 2.28. The molecule has 0 saturated carbocycles. The molecule has 0 amide bonds. The molecular weight excluding hydrogens is 300 g/mol. The molecule has 0 bridgehead atoms. The van der Waals surface area contributed by atoms with Crippen LogP contribution in [-0.2, 0) is 12.2 Å². The number of aromatic nitrogens is 2. The molecular formula is C17H21ClN2S. The topological polar surface area (TPSA) is 25.8 Å². The van der Waals surface area contributed by atoms with Gasteiger partial charge in [-0.3, -0.25) is 0 Å². The van der Waals surface area contributed by atoms with Gasteiger partial charge in [-0.1, -0.05) is 47.9 Å². The van der Waals surface area contributed by atoms with Crippen LogP contribution in [0.4, 0.5) is 0 Å². The number of thioether (sulfide) groups is 1. The van der Waals surface area contributed by atoms with E-state index in [9.17, 15) is 0 Å². The third kappa shape index (κ3) is 4.45. The third-order valence-electron chi connectivity index (χ3n) is 3.22. The van der Waals surface area contributed by atoms with Gasteiger partial charge in [-0.15, -0.1) is 11.8 Å². The zero-order chi connectivity index (χ0) is 15.4. The van der Waals surface area contributed by atoms with Crippen LogP contribution >= 0.6 is 23.4 Å². The number of nitrogens with zero attached hydrogens (tertiary/aromatic N) is 2. The van der Waals surface area contributed by atoms with E-state index in [4.69, 9.17) is 11.6 Å². The molecule has 0 unspecified atom stereocenters. The molecule has 1 aromatic heterocycles. The van der Waals surface area contributed by atoms with Gasteiger partial charge in [0.2, 0.25) is 0 Å². The van der Waals surface area contributed by atoms with E-state index in [1.165, 1.54) is 16.7 Å². The van der Waals surface area contributed by atoms with Gasteiger partial charge < -0.3 is 0 Å². The first-order chi connectivity index (χ1) is 9.99. The van der Waals surface area contributed by atoms with Gasteiger partial charge >= 0.3 is 0 Å². The number of rotatable bonds is 5. The van der Waals surface area contributed by atoms with Crippen LogP contribution in [0, 0.1) is 20.8 Å². The monoisotopic (exact) mass is 320 g/mol. The van der Waals surface area contributed by atoms with E-state index < -0.39 is 0 Å². The minimum atomic E-state index is 0.580. The summed E-state index contributed by atoms with van der Waals surface area (Å²) in [6.07, 6.45) is 1.90. The van der Waals surface area contributed by atoms with Gasteiger partial charge in [0.25, 0.3) is 0 Å². The van der Waals surface area contributed by atoms with Gasteiger partial charge in [0.05, 0.1) is 0 Å². The molecule has 2 aromatic rings. The second-order valence-corrected chi connectivity index (χ2v) is 6.72. The van der Waals surface area contributed by atoms with E-state index in [2.05, 4.69) is 48.9 Å². The Kier molecular flexibility index (Phi) is 5.65. The summed E-state index contributed by atoms with van der Waals surface area (Å²) in [5.41, 5.74) is 4.90. The van der Waals surface area contributed by atoms with Gasteiger partial charge in [0.15, 0.2) is 0 Å². The van der Waals surface area contributed by atoms with Crippen molar-refractivity contribution in [1.29, 1.82) is 0 Å². The molecule has 2 nitrogen and oxygen atoms in total. The molecule has 1 aromatic carbocycles. The molecule has 0 atom stereocenters. The fraction of sp³-hybridized carbons (Fsp3) is 0.412. The normalized spacial score (nSPS) is 10.9. The molecule has 1 heterocycles. The Balaban J connectivity index is 2.18. The molecule has 0 N–H and O–H groups in total. The molecule has 112 valence electrons. The van der Waals surface area contributed by atoms with Crippen molar-refractivity contribution in [1.82, 2.24) is 9.97 Å². The summed E-state index contributed by atoms with van der Waals surface area (Å²) in [6, 6.07) is 6.65. The second kappa shape index (κ2) is 7.28. The molecule has 0 aliphatic rings. The smallest absolute Gasteiger partial charge is 0.136 e. The molecule has 0 aliphatic carbocycles. The summed E-state index contributed by atoms with van der Waals surface area (Å²) in [5.74, 6) is 1.75. The maximum absolute atomic E-state index is 6.22. The summed E-state index contributed by atoms with van der Waals surface area (Å²) >= 11 is 7.96. The quantitative estimate of drug-likeness (QED) is 0.552. The highest BCUT2D eigenvalue weighted by Gasteiger charge is 2.10. The molecule has 0 spiro atoms. The third-order valence-corrected chi connectivity index (χ3v) is 4.74. The number of hydrogen-bond donors (Lipinski definition) is 0. The standard InChI is InChI=1S/C17H21ClN2S/c1-5-6-15-19-16(18)13(4)17(20-15)21-10-14-8-11(2)7-12(3)9-14/h7-9H,5-6,10H2,1-4H3. The van der Waals surface area contributed by atoms with Gasteiger partial charge in [0.1, 0.15) is 16.0 Å². The lowest BCUT2D eigenvalue weighted by atomic mass is 10.1. The molecule has 0 fully saturated rings. The van der Waals surface area contributed by atoms with E-state index in [1.807, 2.05) is 6.92 Å². The van der Waals surface area contributed by atoms with Crippen molar-refractivity contribution in [3.05, 3.63) is 51.4 Å². The summed E-state index contributed by atoms with van der Waals surface area (Å²) < 4.78 is 0. The fourth-order valence-electron chi connectivity index (χ4n) is 2.29. The lowest BCUT2D eigenvalue weighted by Crippen LogP contribution is -2.00. The first kappa shape index (κ1) is 16.3. The van der Waals surface area contributed by atoms with Crippen molar-refractivity contribution >= 4 is 23.4 Å². The van der Waals surface area contributed by atoms with Crippen LogP contribution in [0.25, 0.3) is 0 Å². The van der Waals surface area contributed by atoms with Crippen LogP contribution in [0.3, 0.4) is 0 Å². The SMILES string of the molecule is CCCc1nc(Cl)c(C)c(SCc2cc(C)cc(C)c2)n1. The van der Waals surface area contributed by atoms with E-state index in [0.29, 0.717) is 5.15 Å². The minimum absolute atomic E-state index is 0.580. The van der Waals surface area contributed by atoms with Crippen LogP contribution in [0.5, 0.6) is 0 Å². The summed E-state index contributed by atoms with van der Waals surface area (Å²) in [5, 5.41) is 1.58. The van der Waals surface area contributed by atoms with Gasteiger partial charge in [-0.05, 0) is 32.8 Å². The molecule has 21 heavy (non-hydrogen) atoms. The predicted molar refractivity (Wildman–Crippen MR) is 91.3 cm³/mol. The van der Waals surface area contributed by atoms with Crippen molar-refractivity contribution in [2.75, 3.05) is 0 Å². The van der Waals surface area contributed by atoms with Crippen molar-refractivity contribution in [2.24, 2.45) is 0 Å². The van der Waals surface area contributed by atoms with Crippen molar-refractivity contribution < 1.29 is 0 Å². The highest BCUT2D eigenvalue weighted by molar-refractivity contribution is 7.98. The Labute approximate surface area is 136 Å². The van der Waals surface area contributed by atoms with Crippen LogP contribution in [-0.4, -0.2) is 9.97 Å². The van der Waals surface area contributed by atoms with Crippen LogP contribution in [0.1, 0.15) is 41.4 Å². The molecule has 0 saturated heterocycles. The summed E-state index contributed by atoms with van der Waals surface area (Å²) in [7, 11) is 0. The van der Waals surface area contributed by atoms with Crippen LogP contribution in [0.15, 0.2) is 23.2 Å². The van der Waals surface area contributed by atoms with Crippen LogP contribution < -0.4 is 0 Å². The predicted octanol–water partition coefficient (Wildman–Crippen LogP) is 5.30. The lowest BCUT2D eigenvalue weighted by molar-refractivity contribution is 0.801. The molecule has 4 heteroatoms. The first-order valence-electron chi connectivity index (χ1n) is 7.22. The van der Waals surface area contributed by atoms with Gasteiger partial charge in [-0.25, -0.2) is 9.97 Å². The van der Waals surface area contributed by atoms with Crippen molar-refractivity contribution in [2.45, 2.75) is 51.3 Å². The van der Waals surface area contributed by atoms with Gasteiger partial charge in [0, 0.05) is 17.7 Å². The number of benzene rings is 1. The summed E-state index contributed by atoms with van der Waals surface area (Å²) in [6.45, 7) is 8.38. The number of hydrogen-bond acceptors (Lipinski definition) is 3. The molecule has 0 aliphatic heterocycles. The Bertz CT molecular complexity index is 621. The van der Waals surface area contributed by atoms with E-state index in [-0.39, 0.29) is 0 Å². The highest BCUT2D eigenvalue weighted by atomic mass is 35.5. The largest absolute Gasteiger partial charge is 0.226 e. The Morgan fingerprint density at radius 3 is 2.33 bits per heavy atom. The Morgan fingerprint density at radius 1 is 1.05 bits per heavy atom. The van der Waals surface area contributed by atoms with E-state index in [0.717, 1.165) is 35.0 Å². The fourth-order valence-corrected chi connectivity index (χ4v) is 3.49. The Hall–Kier alpha value is -1.06. The van der Waals surface area contributed by atoms with E-state index >= 15 is 0 Å². The van der Waals surface area contributed by atoms with Crippen molar-refractivity contribution in [3.8, 4) is 0 Å². The lowest BCUT2D eigenvalue weighted by Gasteiger charge is -2.09. The maximum atomic E-state index is 6.22. The molecule has 2 rings (SSSR count). The number of aryl methyl sites for hydroxylation is 3. The van der Waals surface area contributed by atoms with Gasteiger partial charge in [-0.2, -0.15) is 0 Å².